The summed E-state index contributed by atoms with van der Waals surface area (Å²) in [6.07, 6.45) is 0. The Labute approximate surface area is 119 Å². The van der Waals surface area contributed by atoms with Gasteiger partial charge in [-0.3, -0.25) is 15.0 Å². The largest absolute Gasteiger partial charge is 0.444 e. The molecule has 1 aromatic rings. The van der Waals surface area contributed by atoms with Crippen molar-refractivity contribution < 1.29 is 9.21 Å². The fourth-order valence-corrected chi connectivity index (χ4v) is 1.88. The van der Waals surface area contributed by atoms with Gasteiger partial charge in [-0.2, -0.15) is 5.26 Å². The fourth-order valence-electron chi connectivity index (χ4n) is 1.88. The van der Waals surface area contributed by atoms with Crippen LogP contribution in [-0.4, -0.2) is 30.4 Å². The summed E-state index contributed by atoms with van der Waals surface area (Å²) in [5.41, 5.74) is 2.15. The van der Waals surface area contributed by atoms with Crippen LogP contribution >= 0.6 is 0 Å². The molecule has 1 aromatic heterocycles. The van der Waals surface area contributed by atoms with Crippen LogP contribution in [0, 0.1) is 25.2 Å². The maximum atomic E-state index is 12.0. The van der Waals surface area contributed by atoms with Gasteiger partial charge < -0.3 is 4.42 Å². The van der Waals surface area contributed by atoms with E-state index in [0.29, 0.717) is 17.9 Å². The number of likely N-dealkylation sites (N-methyl/N-ethyl adjacent to an activating group) is 1. The van der Waals surface area contributed by atoms with Crippen LogP contribution in [0.3, 0.4) is 0 Å². The van der Waals surface area contributed by atoms with E-state index in [1.165, 1.54) is 0 Å². The van der Waals surface area contributed by atoms with Crippen LogP contribution in [0.5, 0.6) is 0 Å². The first-order valence-electron chi connectivity index (χ1n) is 6.55. The van der Waals surface area contributed by atoms with E-state index in [2.05, 4.69) is 18.0 Å². The molecule has 0 bridgehead atoms. The zero-order valence-electron chi connectivity index (χ0n) is 12.5. The van der Waals surface area contributed by atoms with E-state index >= 15 is 0 Å². The molecular formula is C15H21N3O2. The summed E-state index contributed by atoms with van der Waals surface area (Å²) in [7, 11) is 0. The number of hydrogen-bond donors (Lipinski definition) is 1. The van der Waals surface area contributed by atoms with E-state index < -0.39 is 0 Å². The average Bonchev–Trinajstić information content (AvgIpc) is 2.62. The second-order valence-electron chi connectivity index (χ2n) is 4.91. The molecule has 0 fully saturated rings. The molecule has 0 spiro atoms. The van der Waals surface area contributed by atoms with Crippen molar-refractivity contribution in [1.82, 2.24) is 4.90 Å². The molecule has 1 amide bonds. The smallest absolute Gasteiger partial charge is 0.240 e. The highest BCUT2D eigenvalue weighted by Gasteiger charge is 2.17. The maximum Gasteiger partial charge on any atom is 0.240 e. The Bertz CT molecular complexity index is 552. The molecule has 108 valence electrons. The van der Waals surface area contributed by atoms with Crippen LogP contribution in [0.2, 0.25) is 0 Å². The normalized spacial score (nSPS) is 10.4. The molecule has 0 aliphatic carbocycles. The van der Waals surface area contributed by atoms with Gasteiger partial charge in [0, 0.05) is 12.1 Å². The van der Waals surface area contributed by atoms with Crippen LogP contribution in [0.15, 0.2) is 16.6 Å². The van der Waals surface area contributed by atoms with Crippen LogP contribution in [0.1, 0.15) is 30.7 Å². The lowest BCUT2D eigenvalue weighted by atomic mass is 10.2. The Morgan fingerprint density at radius 2 is 2.10 bits per heavy atom. The standard InChI is InChI=1S/C15H21N3O2/c1-6-18(8-10(2)3)9-14(19)17-15-13(7-16)11(4)12(5)20-15/h2,6,8-9H2,1,3-5H3,(H,17,19). The molecule has 1 N–H and O–H groups in total. The number of anilines is 1. The molecule has 0 aromatic carbocycles. The van der Waals surface area contributed by atoms with Gasteiger partial charge in [-0.1, -0.05) is 19.1 Å². The number of carbonyl (C=O) groups is 1. The van der Waals surface area contributed by atoms with Gasteiger partial charge in [0.25, 0.3) is 0 Å². The number of rotatable bonds is 6. The van der Waals surface area contributed by atoms with Gasteiger partial charge in [-0.25, -0.2) is 0 Å². The van der Waals surface area contributed by atoms with Gasteiger partial charge in [0.15, 0.2) is 0 Å². The van der Waals surface area contributed by atoms with Crippen LogP contribution in [0.4, 0.5) is 5.88 Å². The highest BCUT2D eigenvalue weighted by molar-refractivity contribution is 5.92. The van der Waals surface area contributed by atoms with E-state index in [1.54, 1.807) is 13.8 Å². The van der Waals surface area contributed by atoms with Crippen molar-refractivity contribution in [3.05, 3.63) is 29.0 Å². The monoisotopic (exact) mass is 275 g/mol. The van der Waals surface area contributed by atoms with E-state index in [1.807, 2.05) is 18.7 Å². The quantitative estimate of drug-likeness (QED) is 0.810. The fraction of sp³-hybridized carbons (Fsp3) is 0.467. The van der Waals surface area contributed by atoms with Gasteiger partial charge in [0.2, 0.25) is 11.8 Å². The summed E-state index contributed by atoms with van der Waals surface area (Å²) in [6, 6.07) is 2.05. The Morgan fingerprint density at radius 1 is 1.45 bits per heavy atom. The number of amides is 1. The maximum absolute atomic E-state index is 12.0. The Morgan fingerprint density at radius 3 is 2.60 bits per heavy atom. The number of furan rings is 1. The Balaban J connectivity index is 2.74. The summed E-state index contributed by atoms with van der Waals surface area (Å²) in [5, 5.41) is 11.8. The Kier molecular flexibility index (Phi) is 5.53. The minimum absolute atomic E-state index is 0.196. The van der Waals surface area contributed by atoms with Crippen molar-refractivity contribution in [2.24, 2.45) is 0 Å². The number of nitrogens with one attached hydrogen (secondary N) is 1. The lowest BCUT2D eigenvalue weighted by molar-refractivity contribution is -0.117. The van der Waals surface area contributed by atoms with Crippen LogP contribution in [0.25, 0.3) is 0 Å². The number of nitriles is 1. The van der Waals surface area contributed by atoms with Gasteiger partial charge >= 0.3 is 0 Å². The second kappa shape index (κ2) is 6.92. The van der Waals surface area contributed by atoms with Gasteiger partial charge in [-0.15, -0.1) is 0 Å². The third kappa shape index (κ3) is 3.97. The number of carbonyl (C=O) groups excluding carboxylic acids is 1. The number of aryl methyl sites for hydroxylation is 1. The minimum atomic E-state index is -0.196. The summed E-state index contributed by atoms with van der Waals surface area (Å²) in [6.45, 7) is 13.0. The van der Waals surface area contributed by atoms with Gasteiger partial charge in [0.1, 0.15) is 17.4 Å². The summed E-state index contributed by atoms with van der Waals surface area (Å²) in [5.74, 6) is 0.684. The SMILES string of the molecule is C=C(C)CN(CC)CC(=O)Nc1oc(C)c(C)c1C#N. The molecule has 0 unspecified atom stereocenters. The van der Waals surface area contributed by atoms with Crippen molar-refractivity contribution in [2.75, 3.05) is 25.0 Å². The topological polar surface area (TPSA) is 69.3 Å². The first kappa shape index (κ1) is 16.0. The lowest BCUT2D eigenvalue weighted by Gasteiger charge is -2.19. The first-order valence-corrected chi connectivity index (χ1v) is 6.55. The molecule has 1 heterocycles. The van der Waals surface area contributed by atoms with E-state index in [-0.39, 0.29) is 18.3 Å². The van der Waals surface area contributed by atoms with Crippen molar-refractivity contribution >= 4 is 11.8 Å². The first-order chi connectivity index (χ1) is 9.38. The van der Waals surface area contributed by atoms with Gasteiger partial charge in [-0.05, 0) is 27.3 Å². The number of hydrogen-bond acceptors (Lipinski definition) is 4. The molecule has 20 heavy (non-hydrogen) atoms. The van der Waals surface area contributed by atoms with Crippen molar-refractivity contribution in [3.63, 3.8) is 0 Å². The average molecular weight is 275 g/mol. The van der Waals surface area contributed by atoms with Crippen LogP contribution < -0.4 is 5.32 Å². The lowest BCUT2D eigenvalue weighted by Crippen LogP contribution is -2.34. The molecule has 0 aliphatic rings. The molecule has 0 radical (unpaired) electrons. The van der Waals surface area contributed by atoms with Crippen molar-refractivity contribution in [3.8, 4) is 6.07 Å². The van der Waals surface area contributed by atoms with Crippen molar-refractivity contribution in [2.45, 2.75) is 27.7 Å². The molecule has 1 rings (SSSR count). The van der Waals surface area contributed by atoms with E-state index in [4.69, 9.17) is 9.68 Å². The molecule has 5 heteroatoms. The van der Waals surface area contributed by atoms with E-state index in [9.17, 15) is 4.79 Å². The second-order valence-corrected chi connectivity index (χ2v) is 4.91. The molecule has 5 nitrogen and oxygen atoms in total. The summed E-state index contributed by atoms with van der Waals surface area (Å²) >= 11 is 0. The van der Waals surface area contributed by atoms with Gasteiger partial charge in [0.05, 0.1) is 6.54 Å². The zero-order chi connectivity index (χ0) is 15.3. The van der Waals surface area contributed by atoms with E-state index in [0.717, 1.165) is 17.7 Å². The zero-order valence-corrected chi connectivity index (χ0v) is 12.5. The highest BCUT2D eigenvalue weighted by Crippen LogP contribution is 2.25. The molecular weight excluding hydrogens is 254 g/mol. The van der Waals surface area contributed by atoms with Crippen molar-refractivity contribution in [1.29, 1.82) is 5.26 Å². The Hall–Kier alpha value is -2.06. The summed E-state index contributed by atoms with van der Waals surface area (Å²) < 4.78 is 5.41. The molecule has 0 saturated heterocycles. The number of nitrogens with zero attached hydrogens (tertiary/aromatic N) is 2. The predicted octanol–water partition coefficient (Wildman–Crippen LogP) is 2.60. The minimum Gasteiger partial charge on any atom is -0.444 e. The molecule has 0 atom stereocenters. The third-order valence-electron chi connectivity index (χ3n) is 3.06. The molecule has 0 saturated carbocycles. The highest BCUT2D eigenvalue weighted by atomic mass is 16.4. The van der Waals surface area contributed by atoms with Crippen LogP contribution in [-0.2, 0) is 4.79 Å². The molecule has 0 aliphatic heterocycles. The predicted molar refractivity (Wildman–Crippen MR) is 78.5 cm³/mol. The summed E-state index contributed by atoms with van der Waals surface area (Å²) in [4.78, 5) is 14.0. The third-order valence-corrected chi connectivity index (χ3v) is 3.06.